The van der Waals surface area contributed by atoms with Gasteiger partial charge in [0.15, 0.2) is 18.1 Å². The third-order valence-electron chi connectivity index (χ3n) is 4.04. The maximum absolute atomic E-state index is 12.1. The first-order valence-electron chi connectivity index (χ1n) is 9.56. The van der Waals surface area contributed by atoms with Crippen LogP contribution < -0.4 is 24.3 Å². The second-order valence-corrected chi connectivity index (χ2v) is 6.27. The molecule has 0 atom stereocenters. The number of hydrogen-bond acceptors (Lipinski definition) is 7. The van der Waals surface area contributed by atoms with Gasteiger partial charge in [-0.3, -0.25) is 4.79 Å². The Morgan fingerprint density at radius 2 is 1.74 bits per heavy atom. The van der Waals surface area contributed by atoms with Crippen LogP contribution in [0, 0.1) is 11.3 Å². The van der Waals surface area contributed by atoms with Crippen LogP contribution in [0.15, 0.2) is 48.0 Å². The summed E-state index contributed by atoms with van der Waals surface area (Å²) in [7, 11) is 2.98. The summed E-state index contributed by atoms with van der Waals surface area (Å²) >= 11 is 0. The van der Waals surface area contributed by atoms with Gasteiger partial charge in [-0.1, -0.05) is 13.0 Å². The number of amides is 1. The number of carbonyl (C=O) groups is 2. The maximum atomic E-state index is 12.1. The van der Waals surface area contributed by atoms with Crippen LogP contribution in [-0.4, -0.2) is 39.2 Å². The second-order valence-electron chi connectivity index (χ2n) is 6.27. The second kappa shape index (κ2) is 11.9. The van der Waals surface area contributed by atoms with Crippen molar-refractivity contribution in [1.29, 1.82) is 5.26 Å². The van der Waals surface area contributed by atoms with Gasteiger partial charge in [-0.2, -0.15) is 5.26 Å². The molecule has 0 aliphatic rings. The SMILES string of the molecule is CCCNC(=O)/C(C#N)=C/c1ccc(OC(=O)COc2ccc(OC)cc2)c(OC)c1. The van der Waals surface area contributed by atoms with Gasteiger partial charge in [0.25, 0.3) is 5.91 Å². The van der Waals surface area contributed by atoms with Crippen molar-refractivity contribution in [1.82, 2.24) is 5.32 Å². The van der Waals surface area contributed by atoms with Crippen LogP contribution in [0.25, 0.3) is 6.08 Å². The predicted octanol–water partition coefficient (Wildman–Crippen LogP) is 3.12. The van der Waals surface area contributed by atoms with Crippen molar-refractivity contribution in [2.45, 2.75) is 13.3 Å². The van der Waals surface area contributed by atoms with Gasteiger partial charge < -0.3 is 24.3 Å². The van der Waals surface area contributed by atoms with Crippen molar-refractivity contribution >= 4 is 18.0 Å². The molecular formula is C23H24N2O6. The zero-order valence-electron chi connectivity index (χ0n) is 17.6. The van der Waals surface area contributed by atoms with Crippen LogP contribution in [0.5, 0.6) is 23.0 Å². The Morgan fingerprint density at radius 3 is 2.35 bits per heavy atom. The first kappa shape index (κ1) is 23.3. The van der Waals surface area contributed by atoms with Gasteiger partial charge in [-0.05, 0) is 54.5 Å². The molecule has 0 fully saturated rings. The molecular weight excluding hydrogens is 400 g/mol. The Kier molecular flexibility index (Phi) is 8.92. The molecule has 0 saturated carbocycles. The van der Waals surface area contributed by atoms with Crippen LogP contribution in [0.1, 0.15) is 18.9 Å². The monoisotopic (exact) mass is 424 g/mol. The van der Waals surface area contributed by atoms with Crippen LogP contribution in [-0.2, 0) is 9.59 Å². The van der Waals surface area contributed by atoms with E-state index in [2.05, 4.69) is 5.32 Å². The summed E-state index contributed by atoms with van der Waals surface area (Å²) in [6, 6.07) is 13.4. The highest BCUT2D eigenvalue weighted by Crippen LogP contribution is 2.29. The molecule has 1 amide bonds. The van der Waals surface area contributed by atoms with Crippen molar-refractivity contribution in [3.05, 3.63) is 53.6 Å². The number of carbonyl (C=O) groups excluding carboxylic acids is 2. The molecule has 0 heterocycles. The van der Waals surface area contributed by atoms with E-state index in [9.17, 15) is 14.9 Å². The van der Waals surface area contributed by atoms with Gasteiger partial charge in [0.1, 0.15) is 23.1 Å². The minimum Gasteiger partial charge on any atom is -0.497 e. The topological polar surface area (TPSA) is 107 Å². The molecule has 0 spiro atoms. The number of benzene rings is 2. The van der Waals surface area contributed by atoms with E-state index < -0.39 is 11.9 Å². The molecule has 1 N–H and O–H groups in total. The quantitative estimate of drug-likeness (QED) is 0.270. The summed E-state index contributed by atoms with van der Waals surface area (Å²) in [4.78, 5) is 24.1. The van der Waals surface area contributed by atoms with E-state index in [1.807, 2.05) is 13.0 Å². The van der Waals surface area contributed by atoms with E-state index in [1.54, 1.807) is 43.5 Å². The van der Waals surface area contributed by atoms with Gasteiger partial charge >= 0.3 is 5.97 Å². The van der Waals surface area contributed by atoms with Gasteiger partial charge in [-0.15, -0.1) is 0 Å². The van der Waals surface area contributed by atoms with E-state index in [0.29, 0.717) is 23.6 Å². The van der Waals surface area contributed by atoms with Crippen molar-refractivity contribution in [3.8, 4) is 29.1 Å². The normalized spacial score (nSPS) is 10.6. The van der Waals surface area contributed by atoms with Crippen molar-refractivity contribution in [2.75, 3.05) is 27.4 Å². The summed E-state index contributed by atoms with van der Waals surface area (Å²) in [5, 5.41) is 11.9. The van der Waals surface area contributed by atoms with Gasteiger partial charge in [0.2, 0.25) is 0 Å². The minimum atomic E-state index is -0.617. The molecule has 0 radical (unpaired) electrons. The van der Waals surface area contributed by atoms with Gasteiger partial charge in [0.05, 0.1) is 14.2 Å². The van der Waals surface area contributed by atoms with Crippen LogP contribution in [0.3, 0.4) is 0 Å². The third-order valence-corrected chi connectivity index (χ3v) is 4.04. The van der Waals surface area contributed by atoms with Crippen molar-refractivity contribution in [2.24, 2.45) is 0 Å². The molecule has 0 unspecified atom stereocenters. The number of methoxy groups -OCH3 is 2. The lowest BCUT2D eigenvalue weighted by molar-refractivity contribution is -0.136. The fraction of sp³-hybridized carbons (Fsp3) is 0.261. The number of nitrogens with zero attached hydrogens (tertiary/aromatic N) is 1. The molecule has 8 nitrogen and oxygen atoms in total. The first-order chi connectivity index (χ1) is 15.0. The standard InChI is InChI=1S/C23H24N2O6/c1-4-11-25-23(27)17(14-24)12-16-5-10-20(21(13-16)29-3)31-22(26)15-30-19-8-6-18(28-2)7-9-19/h5-10,12-13H,4,11,15H2,1-3H3,(H,25,27)/b17-12+. The van der Waals surface area contributed by atoms with Crippen LogP contribution in [0.2, 0.25) is 0 Å². The van der Waals surface area contributed by atoms with Crippen LogP contribution in [0.4, 0.5) is 0 Å². The Labute approximate surface area is 181 Å². The smallest absolute Gasteiger partial charge is 0.349 e. The number of ether oxygens (including phenoxy) is 4. The van der Waals surface area contributed by atoms with E-state index in [4.69, 9.17) is 18.9 Å². The molecule has 2 aromatic carbocycles. The highest BCUT2D eigenvalue weighted by Gasteiger charge is 2.13. The Hall–Kier alpha value is -3.99. The molecule has 0 saturated heterocycles. The highest BCUT2D eigenvalue weighted by molar-refractivity contribution is 6.01. The molecule has 0 bridgehead atoms. The zero-order valence-corrected chi connectivity index (χ0v) is 17.6. The van der Waals surface area contributed by atoms with Gasteiger partial charge in [-0.25, -0.2) is 4.79 Å². The lowest BCUT2D eigenvalue weighted by atomic mass is 10.1. The van der Waals surface area contributed by atoms with E-state index in [1.165, 1.54) is 19.3 Å². The lowest BCUT2D eigenvalue weighted by Gasteiger charge is -2.11. The molecule has 0 aromatic heterocycles. The average Bonchev–Trinajstić information content (AvgIpc) is 2.80. The number of esters is 1. The van der Waals surface area contributed by atoms with Gasteiger partial charge in [0, 0.05) is 6.54 Å². The predicted molar refractivity (Wildman–Crippen MR) is 114 cm³/mol. The molecule has 2 aromatic rings. The largest absolute Gasteiger partial charge is 0.497 e. The van der Waals surface area contributed by atoms with Crippen molar-refractivity contribution < 1.29 is 28.5 Å². The fourth-order valence-electron chi connectivity index (χ4n) is 2.47. The van der Waals surface area contributed by atoms with E-state index >= 15 is 0 Å². The first-order valence-corrected chi connectivity index (χ1v) is 9.56. The lowest BCUT2D eigenvalue weighted by Crippen LogP contribution is -2.25. The Balaban J connectivity index is 2.04. The summed E-state index contributed by atoms with van der Waals surface area (Å²) in [6.45, 7) is 2.10. The Morgan fingerprint density at radius 1 is 1.03 bits per heavy atom. The number of rotatable bonds is 10. The minimum absolute atomic E-state index is 0.0341. The molecule has 0 aliphatic carbocycles. The zero-order chi connectivity index (χ0) is 22.6. The van der Waals surface area contributed by atoms with Crippen LogP contribution >= 0.6 is 0 Å². The summed E-state index contributed by atoms with van der Waals surface area (Å²) < 4.78 is 21.0. The Bertz CT molecular complexity index is 977. The molecule has 162 valence electrons. The number of nitriles is 1. The summed E-state index contributed by atoms with van der Waals surface area (Å²) in [5.74, 6) is 0.574. The number of nitrogens with one attached hydrogen (secondary N) is 1. The average molecular weight is 424 g/mol. The molecule has 0 aliphatic heterocycles. The van der Waals surface area contributed by atoms with E-state index in [-0.39, 0.29) is 23.7 Å². The maximum Gasteiger partial charge on any atom is 0.349 e. The molecule has 31 heavy (non-hydrogen) atoms. The summed E-state index contributed by atoms with van der Waals surface area (Å²) in [6.07, 6.45) is 2.20. The molecule has 2 rings (SSSR count). The fourth-order valence-corrected chi connectivity index (χ4v) is 2.47. The number of hydrogen-bond donors (Lipinski definition) is 1. The van der Waals surface area contributed by atoms with E-state index in [0.717, 1.165) is 6.42 Å². The third kappa shape index (κ3) is 7.08. The molecule has 8 heteroatoms. The van der Waals surface area contributed by atoms with Crippen molar-refractivity contribution in [3.63, 3.8) is 0 Å². The highest BCUT2D eigenvalue weighted by atomic mass is 16.6. The summed E-state index contributed by atoms with van der Waals surface area (Å²) in [5.41, 5.74) is 0.516.